The molecule has 1 aromatic heterocycles. The van der Waals surface area contributed by atoms with Gasteiger partial charge in [0.15, 0.2) is 0 Å². The van der Waals surface area contributed by atoms with Crippen molar-refractivity contribution < 1.29 is 4.74 Å². The van der Waals surface area contributed by atoms with Crippen LogP contribution in [-0.2, 0) is 11.3 Å². The van der Waals surface area contributed by atoms with Crippen molar-refractivity contribution in [3.8, 4) is 0 Å². The van der Waals surface area contributed by atoms with Crippen LogP contribution in [-0.4, -0.2) is 38.3 Å². The first kappa shape index (κ1) is 16.2. The molecule has 0 atom stereocenters. The first-order valence-corrected chi connectivity index (χ1v) is 7.00. The van der Waals surface area contributed by atoms with E-state index in [9.17, 15) is 0 Å². The van der Waals surface area contributed by atoms with Crippen LogP contribution in [0.3, 0.4) is 0 Å². The Hall–Kier alpha value is -0.840. The van der Waals surface area contributed by atoms with E-state index < -0.39 is 0 Å². The van der Waals surface area contributed by atoms with E-state index in [4.69, 9.17) is 16.3 Å². The van der Waals surface area contributed by atoms with Crippen molar-refractivity contribution in [3.63, 3.8) is 0 Å². The lowest BCUT2D eigenvalue weighted by Crippen LogP contribution is -2.23. The van der Waals surface area contributed by atoms with Gasteiger partial charge in [0.1, 0.15) is 5.82 Å². The van der Waals surface area contributed by atoms with E-state index in [-0.39, 0.29) is 0 Å². The monoisotopic (exact) mass is 285 g/mol. The van der Waals surface area contributed by atoms with E-state index in [0.717, 1.165) is 37.5 Å². The summed E-state index contributed by atoms with van der Waals surface area (Å²) < 4.78 is 5.04. The number of ether oxygens (including phenoxy) is 1. The molecule has 1 N–H and O–H groups in total. The number of halogens is 1. The Morgan fingerprint density at radius 1 is 1.47 bits per heavy atom. The topological polar surface area (TPSA) is 37.4 Å². The van der Waals surface area contributed by atoms with E-state index >= 15 is 0 Å². The summed E-state index contributed by atoms with van der Waals surface area (Å²) in [6.07, 6.45) is 2.84. The number of hydrogen-bond donors (Lipinski definition) is 1. The standard InChI is InChI=1S/C14H24ClN3O/c1-11(2)16-9-12-8-13(15)14(17-10-12)18(3)6-5-7-19-4/h8,10-11,16H,5-7,9H2,1-4H3. The van der Waals surface area contributed by atoms with Crippen molar-refractivity contribution in [2.45, 2.75) is 32.9 Å². The maximum Gasteiger partial charge on any atom is 0.147 e. The lowest BCUT2D eigenvalue weighted by molar-refractivity contribution is 0.196. The molecule has 0 unspecified atom stereocenters. The van der Waals surface area contributed by atoms with Gasteiger partial charge in [-0.3, -0.25) is 0 Å². The number of anilines is 1. The molecule has 0 radical (unpaired) electrons. The summed E-state index contributed by atoms with van der Waals surface area (Å²) in [5.74, 6) is 0.825. The average Bonchev–Trinajstić information content (AvgIpc) is 2.36. The number of aromatic nitrogens is 1. The zero-order chi connectivity index (χ0) is 14.3. The van der Waals surface area contributed by atoms with Gasteiger partial charge in [0.2, 0.25) is 0 Å². The minimum atomic E-state index is 0.454. The molecular weight excluding hydrogens is 262 g/mol. The molecular formula is C14H24ClN3O. The van der Waals surface area contributed by atoms with Crippen LogP contribution in [0.4, 0.5) is 5.82 Å². The predicted octanol–water partition coefficient (Wildman–Crippen LogP) is 2.71. The van der Waals surface area contributed by atoms with Gasteiger partial charge in [0, 0.05) is 46.1 Å². The fourth-order valence-electron chi connectivity index (χ4n) is 1.72. The van der Waals surface area contributed by atoms with Crippen LogP contribution in [0.25, 0.3) is 0 Å². The molecule has 108 valence electrons. The predicted molar refractivity (Wildman–Crippen MR) is 81.0 cm³/mol. The lowest BCUT2D eigenvalue weighted by Gasteiger charge is -2.19. The molecule has 5 heteroatoms. The minimum Gasteiger partial charge on any atom is -0.385 e. The van der Waals surface area contributed by atoms with E-state index in [1.54, 1.807) is 7.11 Å². The first-order chi connectivity index (χ1) is 9.04. The fraction of sp³-hybridized carbons (Fsp3) is 0.643. The summed E-state index contributed by atoms with van der Waals surface area (Å²) in [4.78, 5) is 6.50. The number of nitrogens with one attached hydrogen (secondary N) is 1. The number of pyridine rings is 1. The molecule has 1 rings (SSSR count). The Kier molecular flexibility index (Phi) is 7.13. The van der Waals surface area contributed by atoms with Crippen LogP contribution in [0, 0.1) is 0 Å². The third-order valence-electron chi connectivity index (χ3n) is 2.80. The van der Waals surface area contributed by atoms with Gasteiger partial charge in [-0.2, -0.15) is 0 Å². The quantitative estimate of drug-likeness (QED) is 0.745. The second-order valence-corrected chi connectivity index (χ2v) is 5.36. The highest BCUT2D eigenvalue weighted by Gasteiger charge is 2.08. The van der Waals surface area contributed by atoms with Crippen molar-refractivity contribution in [2.75, 3.05) is 32.2 Å². The van der Waals surface area contributed by atoms with E-state index in [0.29, 0.717) is 11.1 Å². The smallest absolute Gasteiger partial charge is 0.147 e. The summed E-state index contributed by atoms with van der Waals surface area (Å²) >= 11 is 6.29. The second-order valence-electron chi connectivity index (χ2n) is 4.95. The number of hydrogen-bond acceptors (Lipinski definition) is 4. The van der Waals surface area contributed by atoms with Crippen molar-refractivity contribution in [1.29, 1.82) is 0 Å². The Bertz CT molecular complexity index is 385. The summed E-state index contributed by atoms with van der Waals surface area (Å²) in [7, 11) is 3.71. The van der Waals surface area contributed by atoms with Gasteiger partial charge in [0.25, 0.3) is 0 Å². The van der Waals surface area contributed by atoms with Gasteiger partial charge in [-0.15, -0.1) is 0 Å². The van der Waals surface area contributed by atoms with Crippen LogP contribution in [0.2, 0.25) is 5.02 Å². The molecule has 19 heavy (non-hydrogen) atoms. The summed E-state index contributed by atoms with van der Waals surface area (Å²) in [6, 6.07) is 2.43. The van der Waals surface area contributed by atoms with Gasteiger partial charge in [-0.05, 0) is 18.1 Å². The van der Waals surface area contributed by atoms with Gasteiger partial charge in [-0.1, -0.05) is 25.4 Å². The van der Waals surface area contributed by atoms with Gasteiger partial charge >= 0.3 is 0 Å². The molecule has 0 amide bonds. The van der Waals surface area contributed by atoms with Crippen molar-refractivity contribution in [3.05, 3.63) is 22.8 Å². The van der Waals surface area contributed by atoms with E-state index in [1.165, 1.54) is 0 Å². The normalized spacial score (nSPS) is 11.1. The minimum absolute atomic E-state index is 0.454. The molecule has 0 aromatic carbocycles. The molecule has 0 aliphatic rings. The Morgan fingerprint density at radius 2 is 2.21 bits per heavy atom. The van der Waals surface area contributed by atoms with Gasteiger partial charge in [-0.25, -0.2) is 4.98 Å². The maximum absolute atomic E-state index is 6.29. The zero-order valence-electron chi connectivity index (χ0n) is 12.2. The molecule has 0 aliphatic heterocycles. The van der Waals surface area contributed by atoms with Crippen LogP contribution in [0.1, 0.15) is 25.8 Å². The molecule has 0 saturated heterocycles. The Balaban J connectivity index is 2.60. The molecule has 0 saturated carbocycles. The van der Waals surface area contributed by atoms with Crippen molar-refractivity contribution in [2.24, 2.45) is 0 Å². The zero-order valence-corrected chi connectivity index (χ0v) is 13.0. The van der Waals surface area contributed by atoms with E-state index in [1.807, 2.05) is 19.3 Å². The van der Waals surface area contributed by atoms with Crippen LogP contribution in [0.5, 0.6) is 0 Å². The molecule has 1 aromatic rings. The van der Waals surface area contributed by atoms with Crippen molar-refractivity contribution >= 4 is 17.4 Å². The SMILES string of the molecule is COCCCN(C)c1ncc(CNC(C)C)cc1Cl. The summed E-state index contributed by atoms with van der Waals surface area (Å²) in [5.41, 5.74) is 1.10. The Morgan fingerprint density at radius 3 is 2.79 bits per heavy atom. The largest absolute Gasteiger partial charge is 0.385 e. The summed E-state index contributed by atoms with van der Waals surface area (Å²) in [5, 5.41) is 4.05. The third-order valence-corrected chi connectivity index (χ3v) is 3.07. The molecule has 0 aliphatic carbocycles. The average molecular weight is 286 g/mol. The fourth-order valence-corrected chi connectivity index (χ4v) is 2.06. The lowest BCUT2D eigenvalue weighted by atomic mass is 10.2. The first-order valence-electron chi connectivity index (χ1n) is 6.62. The highest BCUT2D eigenvalue weighted by molar-refractivity contribution is 6.33. The molecule has 0 spiro atoms. The van der Waals surface area contributed by atoms with Crippen molar-refractivity contribution in [1.82, 2.24) is 10.3 Å². The van der Waals surface area contributed by atoms with E-state index in [2.05, 4.69) is 29.0 Å². The second kappa shape index (κ2) is 8.35. The molecule has 0 fully saturated rings. The van der Waals surface area contributed by atoms with Crippen LogP contribution in [0.15, 0.2) is 12.3 Å². The highest BCUT2D eigenvalue weighted by Crippen LogP contribution is 2.23. The summed E-state index contributed by atoms with van der Waals surface area (Å²) in [6.45, 7) is 6.65. The molecule has 4 nitrogen and oxygen atoms in total. The van der Waals surface area contributed by atoms with Crippen LogP contribution < -0.4 is 10.2 Å². The molecule has 0 bridgehead atoms. The maximum atomic E-state index is 6.29. The number of rotatable bonds is 8. The number of methoxy groups -OCH3 is 1. The molecule has 1 heterocycles. The van der Waals surface area contributed by atoms with Gasteiger partial charge < -0.3 is 15.0 Å². The third kappa shape index (κ3) is 5.76. The number of nitrogens with zero attached hydrogens (tertiary/aromatic N) is 2. The van der Waals surface area contributed by atoms with Gasteiger partial charge in [0.05, 0.1) is 5.02 Å². The Labute approximate surface area is 121 Å². The van der Waals surface area contributed by atoms with Crippen LogP contribution >= 0.6 is 11.6 Å². The highest BCUT2D eigenvalue weighted by atomic mass is 35.5.